The van der Waals surface area contributed by atoms with Gasteiger partial charge in [0.05, 0.1) is 5.56 Å². The second-order valence-corrected chi connectivity index (χ2v) is 4.97. The van der Waals surface area contributed by atoms with Crippen LogP contribution in [0.25, 0.3) is 10.8 Å². The first-order chi connectivity index (χ1) is 9.70. The van der Waals surface area contributed by atoms with E-state index in [2.05, 4.69) is 0 Å². The van der Waals surface area contributed by atoms with Gasteiger partial charge in [0, 0.05) is 20.0 Å². The van der Waals surface area contributed by atoms with Crippen LogP contribution in [0.3, 0.4) is 0 Å². The molecule has 1 heterocycles. The van der Waals surface area contributed by atoms with E-state index in [0.29, 0.717) is 24.3 Å². The van der Waals surface area contributed by atoms with Gasteiger partial charge >= 0.3 is 0 Å². The van der Waals surface area contributed by atoms with Crippen molar-refractivity contribution < 1.29 is 14.3 Å². The van der Waals surface area contributed by atoms with Crippen LogP contribution in [0.1, 0.15) is 16.8 Å². The minimum absolute atomic E-state index is 0.0324. The van der Waals surface area contributed by atoms with Crippen molar-refractivity contribution in [1.29, 1.82) is 0 Å². The summed E-state index contributed by atoms with van der Waals surface area (Å²) in [4.78, 5) is 24.9. The molecular weight excluding hydrogens is 254 g/mol. The lowest BCUT2D eigenvalue weighted by molar-refractivity contribution is -0.132. The highest BCUT2D eigenvalue weighted by Gasteiger charge is 2.31. The van der Waals surface area contributed by atoms with Crippen LogP contribution in [0.5, 0.6) is 5.75 Å². The molecule has 4 nitrogen and oxygen atoms in total. The first-order valence-electron chi connectivity index (χ1n) is 6.59. The molecule has 1 aliphatic heterocycles. The van der Waals surface area contributed by atoms with Gasteiger partial charge in [0.15, 0.2) is 12.4 Å². The lowest BCUT2D eigenvalue weighted by atomic mass is 10.0. The van der Waals surface area contributed by atoms with E-state index >= 15 is 0 Å². The van der Waals surface area contributed by atoms with Gasteiger partial charge in [0.25, 0.3) is 5.91 Å². The van der Waals surface area contributed by atoms with Gasteiger partial charge in [0.1, 0.15) is 5.75 Å². The molecular formula is C16H15NO3. The topological polar surface area (TPSA) is 46.6 Å². The van der Waals surface area contributed by atoms with E-state index < -0.39 is 6.10 Å². The predicted molar refractivity (Wildman–Crippen MR) is 76.0 cm³/mol. The molecule has 1 amide bonds. The third kappa shape index (κ3) is 2.03. The molecule has 0 N–H and O–H groups in total. The molecule has 2 aromatic carbocycles. The minimum Gasteiger partial charge on any atom is -0.480 e. The maximum Gasteiger partial charge on any atom is 0.263 e. The van der Waals surface area contributed by atoms with Crippen molar-refractivity contribution in [2.24, 2.45) is 0 Å². The summed E-state index contributed by atoms with van der Waals surface area (Å²) < 4.78 is 5.77. The molecule has 1 saturated heterocycles. The van der Waals surface area contributed by atoms with E-state index in [4.69, 9.17) is 4.74 Å². The molecule has 0 bridgehead atoms. The van der Waals surface area contributed by atoms with Crippen molar-refractivity contribution in [3.8, 4) is 5.75 Å². The number of carbonyl (C=O) groups excluding carboxylic acids is 2. The van der Waals surface area contributed by atoms with Crippen molar-refractivity contribution in [2.45, 2.75) is 12.5 Å². The molecule has 20 heavy (non-hydrogen) atoms. The molecule has 0 spiro atoms. The third-order valence-electron chi connectivity index (χ3n) is 3.70. The Labute approximate surface area is 116 Å². The van der Waals surface area contributed by atoms with Gasteiger partial charge in [-0.15, -0.1) is 0 Å². The monoisotopic (exact) mass is 269 g/mol. The summed E-state index contributed by atoms with van der Waals surface area (Å²) in [5.41, 5.74) is 0.505. The van der Waals surface area contributed by atoms with Crippen LogP contribution in [0.2, 0.25) is 0 Å². The minimum atomic E-state index is -0.486. The summed E-state index contributed by atoms with van der Waals surface area (Å²) in [5, 5.41) is 1.83. The average Bonchev–Trinajstić information content (AvgIpc) is 2.79. The third-order valence-corrected chi connectivity index (χ3v) is 3.70. The van der Waals surface area contributed by atoms with Gasteiger partial charge in [-0.1, -0.05) is 30.3 Å². The van der Waals surface area contributed by atoms with Crippen LogP contribution in [0.15, 0.2) is 36.4 Å². The van der Waals surface area contributed by atoms with Gasteiger partial charge in [0.2, 0.25) is 0 Å². The summed E-state index contributed by atoms with van der Waals surface area (Å²) in [6.07, 6.45) is 0.959. The fourth-order valence-electron chi connectivity index (χ4n) is 2.55. The molecule has 3 rings (SSSR count). The second kappa shape index (κ2) is 4.96. The van der Waals surface area contributed by atoms with Crippen LogP contribution in [0.4, 0.5) is 0 Å². The zero-order valence-corrected chi connectivity index (χ0v) is 11.2. The van der Waals surface area contributed by atoms with Gasteiger partial charge in [-0.2, -0.15) is 0 Å². The van der Waals surface area contributed by atoms with Gasteiger partial charge in [-0.3, -0.25) is 9.59 Å². The quantitative estimate of drug-likeness (QED) is 0.803. The van der Waals surface area contributed by atoms with Crippen molar-refractivity contribution in [3.05, 3.63) is 42.0 Å². The maximum absolute atomic E-state index is 11.9. The largest absolute Gasteiger partial charge is 0.480 e. The highest BCUT2D eigenvalue weighted by atomic mass is 16.5. The zero-order chi connectivity index (χ0) is 14.1. The summed E-state index contributed by atoms with van der Waals surface area (Å²) in [6.45, 7) is 0.688. The summed E-state index contributed by atoms with van der Waals surface area (Å²) in [7, 11) is 1.76. The number of carbonyl (C=O) groups is 2. The van der Waals surface area contributed by atoms with E-state index in [0.717, 1.165) is 17.1 Å². The number of aldehydes is 1. The Morgan fingerprint density at radius 2 is 2.05 bits per heavy atom. The molecule has 1 unspecified atom stereocenters. The zero-order valence-electron chi connectivity index (χ0n) is 11.2. The molecule has 0 aromatic heterocycles. The van der Waals surface area contributed by atoms with Crippen molar-refractivity contribution >= 4 is 23.0 Å². The van der Waals surface area contributed by atoms with Crippen molar-refractivity contribution in [2.75, 3.05) is 13.6 Å². The number of ether oxygens (including phenoxy) is 1. The van der Waals surface area contributed by atoms with E-state index in [1.54, 1.807) is 18.0 Å². The fourth-order valence-corrected chi connectivity index (χ4v) is 2.55. The van der Waals surface area contributed by atoms with Crippen molar-refractivity contribution in [3.63, 3.8) is 0 Å². The van der Waals surface area contributed by atoms with E-state index in [-0.39, 0.29) is 5.91 Å². The number of likely N-dealkylation sites (N-methyl/N-ethyl adjacent to an activating group) is 1. The Bertz CT molecular complexity index is 680. The Morgan fingerprint density at radius 1 is 1.25 bits per heavy atom. The number of fused-ring (bicyclic) bond motifs is 1. The molecule has 1 fully saturated rings. The lowest BCUT2D eigenvalue weighted by Crippen LogP contribution is -2.29. The fraction of sp³-hybridized carbons (Fsp3) is 0.250. The van der Waals surface area contributed by atoms with Crippen LogP contribution < -0.4 is 4.74 Å². The number of amides is 1. The Balaban J connectivity index is 1.99. The summed E-state index contributed by atoms with van der Waals surface area (Å²) >= 11 is 0. The highest BCUT2D eigenvalue weighted by Crippen LogP contribution is 2.28. The summed E-state index contributed by atoms with van der Waals surface area (Å²) in [6, 6.07) is 11.3. The average molecular weight is 269 g/mol. The molecule has 0 aliphatic carbocycles. The van der Waals surface area contributed by atoms with Crippen molar-refractivity contribution in [1.82, 2.24) is 4.90 Å². The smallest absolute Gasteiger partial charge is 0.263 e. The summed E-state index contributed by atoms with van der Waals surface area (Å²) in [5.74, 6) is 0.447. The number of hydrogen-bond acceptors (Lipinski definition) is 3. The van der Waals surface area contributed by atoms with Crippen LogP contribution in [-0.4, -0.2) is 36.8 Å². The number of benzene rings is 2. The standard InChI is InChI=1S/C16H15NO3/c1-17-9-8-15(16(17)19)20-14-7-6-11-4-2-3-5-12(11)13(14)10-18/h2-7,10,15H,8-9H2,1H3. The van der Waals surface area contributed by atoms with E-state index in [9.17, 15) is 9.59 Å². The molecule has 1 atom stereocenters. The first kappa shape index (κ1) is 12.7. The van der Waals surface area contributed by atoms with Gasteiger partial charge in [-0.05, 0) is 16.8 Å². The Kier molecular flexibility index (Phi) is 3.14. The molecule has 102 valence electrons. The van der Waals surface area contributed by atoms with Gasteiger partial charge in [-0.25, -0.2) is 0 Å². The molecule has 2 aromatic rings. The normalized spacial score (nSPS) is 18.6. The van der Waals surface area contributed by atoms with Crippen LogP contribution in [0, 0.1) is 0 Å². The van der Waals surface area contributed by atoms with Crippen LogP contribution >= 0.6 is 0 Å². The van der Waals surface area contributed by atoms with Crippen LogP contribution in [-0.2, 0) is 4.79 Å². The number of nitrogens with zero attached hydrogens (tertiary/aromatic N) is 1. The van der Waals surface area contributed by atoms with E-state index in [1.165, 1.54) is 0 Å². The SMILES string of the molecule is CN1CCC(Oc2ccc3ccccc3c2C=O)C1=O. The van der Waals surface area contributed by atoms with E-state index in [1.807, 2.05) is 30.3 Å². The Morgan fingerprint density at radius 3 is 2.75 bits per heavy atom. The maximum atomic E-state index is 11.9. The molecule has 0 radical (unpaired) electrons. The number of rotatable bonds is 3. The first-order valence-corrected chi connectivity index (χ1v) is 6.59. The lowest BCUT2D eigenvalue weighted by Gasteiger charge is -2.15. The number of hydrogen-bond donors (Lipinski definition) is 0. The number of likely N-dealkylation sites (tertiary alicyclic amines) is 1. The highest BCUT2D eigenvalue weighted by molar-refractivity contribution is 6.01. The second-order valence-electron chi connectivity index (χ2n) is 4.97. The molecule has 0 saturated carbocycles. The molecule has 4 heteroatoms. The van der Waals surface area contributed by atoms with Gasteiger partial charge < -0.3 is 9.64 Å². The Hall–Kier alpha value is -2.36. The predicted octanol–water partition coefficient (Wildman–Crippen LogP) is 2.26. The molecule has 1 aliphatic rings.